The quantitative estimate of drug-likeness (QED) is 0.849. The minimum Gasteiger partial charge on any atom is -0.211 e. The number of halogens is 4. The van der Waals surface area contributed by atoms with Gasteiger partial charge >= 0.3 is 6.18 Å². The minimum atomic E-state index is -4.42. The van der Waals surface area contributed by atoms with E-state index in [2.05, 4.69) is 4.72 Å². The molecule has 8 heteroatoms. The molecule has 0 aliphatic heterocycles. The van der Waals surface area contributed by atoms with Gasteiger partial charge in [-0.15, -0.1) is 0 Å². The first-order valence-electron chi connectivity index (χ1n) is 7.01. The van der Waals surface area contributed by atoms with E-state index >= 15 is 0 Å². The van der Waals surface area contributed by atoms with Gasteiger partial charge in [0.15, 0.2) is 0 Å². The number of rotatable bonds is 5. The normalized spacial score (nSPS) is 12.4. The van der Waals surface area contributed by atoms with Gasteiger partial charge < -0.3 is 0 Å². The van der Waals surface area contributed by atoms with Gasteiger partial charge in [0.25, 0.3) is 0 Å². The number of sulfonamides is 1. The van der Waals surface area contributed by atoms with Crippen LogP contribution < -0.4 is 4.72 Å². The molecule has 130 valence electrons. The summed E-state index contributed by atoms with van der Waals surface area (Å²) in [4.78, 5) is 0.0159. The lowest BCUT2D eigenvalue weighted by atomic mass is 10.1. The van der Waals surface area contributed by atoms with E-state index in [0.717, 1.165) is 17.7 Å². The maximum atomic E-state index is 12.6. The van der Waals surface area contributed by atoms with Gasteiger partial charge in [0.1, 0.15) is 0 Å². The van der Waals surface area contributed by atoms with E-state index in [-0.39, 0.29) is 17.9 Å². The first-order chi connectivity index (χ1) is 11.1. The lowest BCUT2D eigenvalue weighted by Gasteiger charge is -2.10. The Morgan fingerprint density at radius 1 is 1.12 bits per heavy atom. The summed E-state index contributed by atoms with van der Waals surface area (Å²) in [6.07, 6.45) is -4.28. The largest absolute Gasteiger partial charge is 0.416 e. The number of aryl methyl sites for hydroxylation is 1. The first kappa shape index (κ1) is 18.8. The highest BCUT2D eigenvalue weighted by Gasteiger charge is 2.30. The highest BCUT2D eigenvalue weighted by molar-refractivity contribution is 7.89. The van der Waals surface area contributed by atoms with Crippen LogP contribution in [0.3, 0.4) is 0 Å². The molecule has 0 amide bonds. The second-order valence-electron chi connectivity index (χ2n) is 5.26. The van der Waals surface area contributed by atoms with Crippen molar-refractivity contribution in [2.24, 2.45) is 0 Å². The molecule has 0 radical (unpaired) electrons. The van der Waals surface area contributed by atoms with E-state index in [1.165, 1.54) is 24.3 Å². The van der Waals surface area contributed by atoms with E-state index in [4.69, 9.17) is 11.6 Å². The zero-order chi connectivity index (χ0) is 18.0. The smallest absolute Gasteiger partial charge is 0.211 e. The number of benzene rings is 2. The molecule has 2 aromatic carbocycles. The minimum absolute atomic E-state index is 0.0159. The third kappa shape index (κ3) is 4.72. The number of hydrogen-bond acceptors (Lipinski definition) is 2. The summed E-state index contributed by atoms with van der Waals surface area (Å²) in [5.41, 5.74) is 0.391. The molecule has 3 nitrogen and oxygen atoms in total. The predicted octanol–water partition coefficient (Wildman–Crippen LogP) is 4.19. The monoisotopic (exact) mass is 377 g/mol. The highest BCUT2D eigenvalue weighted by Crippen LogP contribution is 2.29. The van der Waals surface area contributed by atoms with Crippen LogP contribution in [-0.2, 0) is 22.6 Å². The van der Waals surface area contributed by atoms with Gasteiger partial charge in [0.2, 0.25) is 10.0 Å². The molecule has 0 saturated heterocycles. The molecule has 0 fully saturated rings. The van der Waals surface area contributed by atoms with Crippen molar-refractivity contribution in [2.75, 3.05) is 6.54 Å². The van der Waals surface area contributed by atoms with Gasteiger partial charge in [-0.1, -0.05) is 35.9 Å². The van der Waals surface area contributed by atoms with Gasteiger partial charge in [-0.2, -0.15) is 13.2 Å². The van der Waals surface area contributed by atoms with Crippen LogP contribution in [0.1, 0.15) is 16.7 Å². The predicted molar refractivity (Wildman–Crippen MR) is 86.5 cm³/mol. The fourth-order valence-electron chi connectivity index (χ4n) is 2.06. The van der Waals surface area contributed by atoms with Crippen LogP contribution in [0, 0.1) is 6.92 Å². The van der Waals surface area contributed by atoms with Crippen molar-refractivity contribution in [1.29, 1.82) is 0 Å². The average molecular weight is 378 g/mol. The van der Waals surface area contributed by atoms with E-state index in [9.17, 15) is 21.6 Å². The Hall–Kier alpha value is -1.57. The summed E-state index contributed by atoms with van der Waals surface area (Å²) in [6, 6.07) is 9.15. The van der Waals surface area contributed by atoms with Crippen molar-refractivity contribution < 1.29 is 21.6 Å². The van der Waals surface area contributed by atoms with Crippen LogP contribution in [0.25, 0.3) is 0 Å². The Labute approximate surface area is 143 Å². The topological polar surface area (TPSA) is 46.2 Å². The average Bonchev–Trinajstić information content (AvgIpc) is 2.49. The summed E-state index contributed by atoms with van der Waals surface area (Å²) < 4.78 is 64.6. The molecule has 0 aliphatic rings. The molecule has 0 saturated carbocycles. The maximum absolute atomic E-state index is 12.6. The van der Waals surface area contributed by atoms with Crippen LogP contribution in [0.5, 0.6) is 0 Å². The molecule has 0 spiro atoms. The van der Waals surface area contributed by atoms with Gasteiger partial charge in [-0.05, 0) is 42.7 Å². The molecular weight excluding hydrogens is 363 g/mol. The highest BCUT2D eigenvalue weighted by atomic mass is 35.5. The summed E-state index contributed by atoms with van der Waals surface area (Å²) in [7, 11) is -3.76. The van der Waals surface area contributed by atoms with E-state index in [0.29, 0.717) is 10.6 Å². The third-order valence-corrected chi connectivity index (χ3v) is 5.28. The molecule has 0 aromatic heterocycles. The molecule has 2 aromatic rings. The van der Waals surface area contributed by atoms with Crippen LogP contribution in [0.4, 0.5) is 13.2 Å². The zero-order valence-electron chi connectivity index (χ0n) is 12.7. The van der Waals surface area contributed by atoms with E-state index in [1.54, 1.807) is 13.0 Å². The second-order valence-corrected chi connectivity index (χ2v) is 7.43. The Balaban J connectivity index is 2.04. The summed E-state index contributed by atoms with van der Waals surface area (Å²) in [5.74, 6) is 0. The van der Waals surface area contributed by atoms with Crippen molar-refractivity contribution in [3.8, 4) is 0 Å². The maximum Gasteiger partial charge on any atom is 0.416 e. The molecule has 24 heavy (non-hydrogen) atoms. The van der Waals surface area contributed by atoms with Crippen LogP contribution in [0.15, 0.2) is 47.4 Å². The number of nitrogens with one attached hydrogen (secondary N) is 1. The molecule has 0 bridgehead atoms. The van der Waals surface area contributed by atoms with Crippen molar-refractivity contribution in [2.45, 2.75) is 24.4 Å². The molecule has 0 heterocycles. The molecule has 0 unspecified atom stereocenters. The van der Waals surface area contributed by atoms with Crippen molar-refractivity contribution in [1.82, 2.24) is 4.72 Å². The summed E-state index contributed by atoms with van der Waals surface area (Å²) >= 11 is 5.91. The number of alkyl halides is 3. The summed E-state index contributed by atoms with van der Waals surface area (Å²) in [5, 5.41) is 0.329. The van der Waals surface area contributed by atoms with Gasteiger partial charge in [-0.3, -0.25) is 0 Å². The van der Waals surface area contributed by atoms with E-state index < -0.39 is 21.8 Å². The van der Waals surface area contributed by atoms with E-state index in [1.807, 2.05) is 0 Å². The second kappa shape index (κ2) is 7.13. The standard InChI is InChI=1S/C16H15ClF3NO2S/c1-11-5-6-14(10-15(11)17)24(22,23)21-8-7-12-3-2-4-13(9-12)16(18,19)20/h2-6,9-10,21H,7-8H2,1H3. The fourth-order valence-corrected chi connectivity index (χ4v) is 3.36. The van der Waals surface area contributed by atoms with Crippen LogP contribution >= 0.6 is 11.6 Å². The van der Waals surface area contributed by atoms with Crippen molar-refractivity contribution in [3.05, 3.63) is 64.2 Å². The summed E-state index contributed by atoms with van der Waals surface area (Å²) in [6.45, 7) is 1.73. The number of hydrogen-bond donors (Lipinski definition) is 1. The molecule has 0 atom stereocenters. The molecule has 1 N–H and O–H groups in total. The van der Waals surface area contributed by atoms with Crippen molar-refractivity contribution >= 4 is 21.6 Å². The zero-order valence-corrected chi connectivity index (χ0v) is 14.3. The van der Waals surface area contributed by atoms with Crippen LogP contribution in [0.2, 0.25) is 5.02 Å². The SMILES string of the molecule is Cc1ccc(S(=O)(=O)NCCc2cccc(C(F)(F)F)c2)cc1Cl. The molecule has 2 rings (SSSR count). The Morgan fingerprint density at radius 2 is 1.83 bits per heavy atom. The lowest BCUT2D eigenvalue weighted by molar-refractivity contribution is -0.137. The van der Waals surface area contributed by atoms with Crippen molar-refractivity contribution in [3.63, 3.8) is 0 Å². The molecular formula is C16H15ClF3NO2S. The Bertz CT molecular complexity index is 835. The molecule has 0 aliphatic carbocycles. The lowest BCUT2D eigenvalue weighted by Crippen LogP contribution is -2.26. The fraction of sp³-hybridized carbons (Fsp3) is 0.250. The Morgan fingerprint density at radius 3 is 2.46 bits per heavy atom. The van der Waals surface area contributed by atoms with Gasteiger partial charge in [-0.25, -0.2) is 13.1 Å². The van der Waals surface area contributed by atoms with Gasteiger partial charge in [0.05, 0.1) is 10.5 Å². The van der Waals surface area contributed by atoms with Crippen LogP contribution in [-0.4, -0.2) is 15.0 Å². The van der Waals surface area contributed by atoms with Gasteiger partial charge in [0, 0.05) is 11.6 Å². The third-order valence-electron chi connectivity index (χ3n) is 3.41. The first-order valence-corrected chi connectivity index (χ1v) is 8.88. The Kier molecular flexibility index (Phi) is 5.57.